The van der Waals surface area contributed by atoms with Crippen molar-refractivity contribution >= 4 is 10.9 Å². The highest BCUT2D eigenvalue weighted by atomic mass is 14.7. The van der Waals surface area contributed by atoms with Crippen LogP contribution in [0.15, 0.2) is 30.3 Å². The Bertz CT molecular complexity index is 534. The summed E-state index contributed by atoms with van der Waals surface area (Å²) >= 11 is 0. The van der Waals surface area contributed by atoms with Gasteiger partial charge in [-0.3, -0.25) is 4.98 Å². The SMILES string of the molecule is CCC(C)CC(N)c1ccc2nc(C)ccc2c1. The van der Waals surface area contributed by atoms with E-state index in [9.17, 15) is 0 Å². The highest BCUT2D eigenvalue weighted by Crippen LogP contribution is 2.23. The van der Waals surface area contributed by atoms with E-state index in [0.717, 1.165) is 17.6 Å². The van der Waals surface area contributed by atoms with Crippen LogP contribution >= 0.6 is 0 Å². The van der Waals surface area contributed by atoms with E-state index >= 15 is 0 Å². The summed E-state index contributed by atoms with van der Waals surface area (Å²) in [5.41, 5.74) is 9.59. The number of aromatic nitrogens is 1. The van der Waals surface area contributed by atoms with E-state index < -0.39 is 0 Å². The Morgan fingerprint density at radius 2 is 2.00 bits per heavy atom. The van der Waals surface area contributed by atoms with Gasteiger partial charge < -0.3 is 5.73 Å². The Morgan fingerprint density at radius 3 is 2.72 bits per heavy atom. The minimum atomic E-state index is 0.130. The molecule has 0 saturated heterocycles. The van der Waals surface area contributed by atoms with Gasteiger partial charge in [0.25, 0.3) is 0 Å². The van der Waals surface area contributed by atoms with Gasteiger partial charge in [-0.15, -0.1) is 0 Å². The molecule has 0 saturated carbocycles. The van der Waals surface area contributed by atoms with E-state index in [1.165, 1.54) is 17.4 Å². The summed E-state index contributed by atoms with van der Waals surface area (Å²) in [5.74, 6) is 0.673. The predicted molar refractivity (Wildman–Crippen MR) is 77.5 cm³/mol. The van der Waals surface area contributed by atoms with Crippen LogP contribution in [-0.2, 0) is 0 Å². The van der Waals surface area contributed by atoms with Crippen LogP contribution in [0, 0.1) is 12.8 Å². The van der Waals surface area contributed by atoms with Gasteiger partial charge in [-0.05, 0) is 43.0 Å². The molecule has 96 valence electrons. The van der Waals surface area contributed by atoms with E-state index in [1.807, 2.05) is 13.0 Å². The molecule has 1 heterocycles. The molecule has 2 rings (SSSR count). The Labute approximate surface area is 109 Å². The second-order valence-corrected chi connectivity index (χ2v) is 5.26. The third kappa shape index (κ3) is 2.88. The average molecular weight is 242 g/mol. The Morgan fingerprint density at radius 1 is 1.22 bits per heavy atom. The quantitative estimate of drug-likeness (QED) is 0.880. The number of fused-ring (bicyclic) bond motifs is 1. The normalized spacial score (nSPS) is 14.7. The zero-order valence-corrected chi connectivity index (χ0v) is 11.5. The molecule has 2 atom stereocenters. The predicted octanol–water partition coefficient (Wildman–Crippen LogP) is 3.98. The molecule has 0 aliphatic carbocycles. The molecule has 18 heavy (non-hydrogen) atoms. The van der Waals surface area contributed by atoms with E-state index in [0.29, 0.717) is 5.92 Å². The van der Waals surface area contributed by atoms with Crippen molar-refractivity contribution in [2.75, 3.05) is 0 Å². The molecule has 0 aliphatic heterocycles. The summed E-state index contributed by atoms with van der Waals surface area (Å²) in [6.45, 7) is 6.48. The van der Waals surface area contributed by atoms with Gasteiger partial charge in [-0.2, -0.15) is 0 Å². The average Bonchev–Trinajstić information content (AvgIpc) is 2.37. The molecule has 2 nitrogen and oxygen atoms in total. The monoisotopic (exact) mass is 242 g/mol. The summed E-state index contributed by atoms with van der Waals surface area (Å²) < 4.78 is 0. The van der Waals surface area contributed by atoms with Gasteiger partial charge >= 0.3 is 0 Å². The largest absolute Gasteiger partial charge is 0.324 e. The molecule has 1 aromatic heterocycles. The van der Waals surface area contributed by atoms with Crippen LogP contribution in [0.2, 0.25) is 0 Å². The van der Waals surface area contributed by atoms with Crippen LogP contribution in [0.25, 0.3) is 10.9 Å². The van der Waals surface area contributed by atoms with Crippen LogP contribution in [0.5, 0.6) is 0 Å². The molecule has 1 aromatic carbocycles. The van der Waals surface area contributed by atoms with E-state index in [1.54, 1.807) is 0 Å². The van der Waals surface area contributed by atoms with Crippen molar-refractivity contribution in [3.8, 4) is 0 Å². The first-order chi connectivity index (χ1) is 8.60. The number of nitrogens with zero attached hydrogens (tertiary/aromatic N) is 1. The van der Waals surface area contributed by atoms with Crippen LogP contribution < -0.4 is 5.73 Å². The van der Waals surface area contributed by atoms with Crippen molar-refractivity contribution in [3.05, 3.63) is 41.6 Å². The van der Waals surface area contributed by atoms with Crippen LogP contribution in [-0.4, -0.2) is 4.98 Å². The van der Waals surface area contributed by atoms with Crippen LogP contribution in [0.4, 0.5) is 0 Å². The van der Waals surface area contributed by atoms with E-state index in [-0.39, 0.29) is 6.04 Å². The van der Waals surface area contributed by atoms with Crippen molar-refractivity contribution < 1.29 is 0 Å². The Hall–Kier alpha value is -1.41. The summed E-state index contributed by atoms with van der Waals surface area (Å²) in [7, 11) is 0. The molecular weight excluding hydrogens is 220 g/mol. The molecule has 0 amide bonds. The minimum Gasteiger partial charge on any atom is -0.324 e. The van der Waals surface area contributed by atoms with Gasteiger partial charge in [-0.25, -0.2) is 0 Å². The summed E-state index contributed by atoms with van der Waals surface area (Å²) in [6.07, 6.45) is 2.23. The molecule has 2 aromatic rings. The van der Waals surface area contributed by atoms with E-state index in [4.69, 9.17) is 5.73 Å². The van der Waals surface area contributed by atoms with Crippen molar-refractivity contribution in [2.24, 2.45) is 11.7 Å². The molecule has 0 bridgehead atoms. The second-order valence-electron chi connectivity index (χ2n) is 5.26. The fraction of sp³-hybridized carbons (Fsp3) is 0.438. The molecule has 0 fully saturated rings. The molecule has 2 N–H and O–H groups in total. The third-order valence-electron chi connectivity index (χ3n) is 3.63. The zero-order valence-electron chi connectivity index (χ0n) is 11.5. The zero-order chi connectivity index (χ0) is 13.1. The van der Waals surface area contributed by atoms with Crippen molar-refractivity contribution in [1.29, 1.82) is 0 Å². The van der Waals surface area contributed by atoms with Gasteiger partial charge in [0.1, 0.15) is 0 Å². The highest BCUT2D eigenvalue weighted by Gasteiger charge is 2.10. The lowest BCUT2D eigenvalue weighted by Gasteiger charge is -2.16. The number of hydrogen-bond donors (Lipinski definition) is 1. The van der Waals surface area contributed by atoms with E-state index in [2.05, 4.69) is 43.1 Å². The Kier molecular flexibility index (Phi) is 3.97. The number of aryl methyl sites for hydroxylation is 1. The lowest BCUT2D eigenvalue weighted by molar-refractivity contribution is 0.461. The number of hydrogen-bond acceptors (Lipinski definition) is 2. The maximum absolute atomic E-state index is 6.27. The molecule has 0 radical (unpaired) electrons. The first-order valence-corrected chi connectivity index (χ1v) is 6.73. The van der Waals surface area contributed by atoms with Gasteiger partial charge in [0.2, 0.25) is 0 Å². The third-order valence-corrected chi connectivity index (χ3v) is 3.63. The van der Waals surface area contributed by atoms with Crippen molar-refractivity contribution in [1.82, 2.24) is 4.98 Å². The van der Waals surface area contributed by atoms with Gasteiger partial charge in [-0.1, -0.05) is 32.4 Å². The van der Waals surface area contributed by atoms with Crippen LogP contribution in [0.3, 0.4) is 0 Å². The maximum atomic E-state index is 6.27. The molecule has 2 unspecified atom stereocenters. The second kappa shape index (κ2) is 5.49. The first-order valence-electron chi connectivity index (χ1n) is 6.73. The molecular formula is C16H22N2. The number of benzene rings is 1. The summed E-state index contributed by atoms with van der Waals surface area (Å²) in [4.78, 5) is 4.51. The fourth-order valence-corrected chi connectivity index (χ4v) is 2.21. The summed E-state index contributed by atoms with van der Waals surface area (Å²) in [6, 6.07) is 10.7. The number of rotatable bonds is 4. The van der Waals surface area contributed by atoms with Crippen molar-refractivity contribution in [3.63, 3.8) is 0 Å². The standard InChI is InChI=1S/C16H22N2/c1-4-11(2)9-15(17)13-7-8-16-14(10-13)6-5-12(3)18-16/h5-8,10-11,15H,4,9,17H2,1-3H3. The van der Waals surface area contributed by atoms with Crippen LogP contribution in [0.1, 0.15) is 44.0 Å². The Balaban J connectivity index is 2.26. The molecule has 0 spiro atoms. The summed E-state index contributed by atoms with van der Waals surface area (Å²) in [5, 5.41) is 1.18. The first kappa shape index (κ1) is 13.0. The lowest BCUT2D eigenvalue weighted by Crippen LogP contribution is -2.13. The number of nitrogens with two attached hydrogens (primary N) is 1. The minimum absolute atomic E-state index is 0.130. The smallest absolute Gasteiger partial charge is 0.0705 e. The fourth-order valence-electron chi connectivity index (χ4n) is 2.21. The van der Waals surface area contributed by atoms with Crippen molar-refractivity contribution in [2.45, 2.75) is 39.7 Å². The highest BCUT2D eigenvalue weighted by molar-refractivity contribution is 5.79. The molecule has 2 heteroatoms. The lowest BCUT2D eigenvalue weighted by atomic mass is 9.94. The maximum Gasteiger partial charge on any atom is 0.0705 e. The van der Waals surface area contributed by atoms with Gasteiger partial charge in [0.15, 0.2) is 0 Å². The molecule has 0 aliphatic rings. The van der Waals surface area contributed by atoms with Gasteiger partial charge in [0, 0.05) is 17.1 Å². The van der Waals surface area contributed by atoms with Gasteiger partial charge in [0.05, 0.1) is 5.52 Å². The number of pyridine rings is 1. The topological polar surface area (TPSA) is 38.9 Å².